The third-order valence-corrected chi connectivity index (χ3v) is 5.14. The lowest BCUT2D eigenvalue weighted by atomic mass is 10.0. The number of halogens is 1. The van der Waals surface area contributed by atoms with E-state index in [0.717, 1.165) is 17.7 Å². The topological polar surface area (TPSA) is 108 Å². The van der Waals surface area contributed by atoms with Crippen molar-refractivity contribution in [1.29, 1.82) is 0 Å². The molecule has 3 heterocycles. The molecule has 0 atom stereocenters. The van der Waals surface area contributed by atoms with Crippen LogP contribution in [0, 0.1) is 11.7 Å². The Hall–Kier alpha value is -3.88. The number of amides is 1. The van der Waals surface area contributed by atoms with E-state index in [-0.39, 0.29) is 11.7 Å². The van der Waals surface area contributed by atoms with Crippen molar-refractivity contribution >= 4 is 28.7 Å². The highest BCUT2D eigenvalue weighted by Crippen LogP contribution is 2.34. The van der Waals surface area contributed by atoms with E-state index in [0.29, 0.717) is 40.1 Å². The number of hydrogen-bond donors (Lipinski definition) is 3. The largest absolute Gasteiger partial charge is 0.354 e. The minimum Gasteiger partial charge on any atom is -0.354 e. The molecule has 1 amide bonds. The van der Waals surface area contributed by atoms with Gasteiger partial charge in [0.25, 0.3) is 0 Å². The molecule has 0 aliphatic heterocycles. The molecule has 156 valence electrons. The smallest absolute Gasteiger partial charge is 0.223 e. The molecule has 31 heavy (non-hydrogen) atoms. The number of fused-ring (bicyclic) bond motifs is 1. The normalized spacial score (nSPS) is 13.4. The zero-order valence-corrected chi connectivity index (χ0v) is 16.8. The van der Waals surface area contributed by atoms with Crippen molar-refractivity contribution in [1.82, 2.24) is 25.1 Å². The predicted octanol–water partition coefficient (Wildman–Crippen LogP) is 4.00. The summed E-state index contributed by atoms with van der Waals surface area (Å²) in [6.07, 6.45) is 4.16. The van der Waals surface area contributed by atoms with Crippen LogP contribution in [0.4, 0.5) is 16.2 Å². The lowest BCUT2D eigenvalue weighted by molar-refractivity contribution is -0.114. The number of carbonyl (C=O) groups is 1. The average molecular weight is 417 g/mol. The van der Waals surface area contributed by atoms with Gasteiger partial charge in [0.1, 0.15) is 5.82 Å². The lowest BCUT2D eigenvalue weighted by Gasteiger charge is -2.11. The first-order valence-electron chi connectivity index (χ1n) is 10.1. The van der Waals surface area contributed by atoms with Gasteiger partial charge in [-0.3, -0.25) is 9.89 Å². The average Bonchev–Trinajstić information content (AvgIpc) is 3.53. The van der Waals surface area contributed by atoms with Crippen LogP contribution in [0.5, 0.6) is 0 Å². The maximum atomic E-state index is 13.5. The quantitative estimate of drug-likeness (QED) is 0.438. The molecular formula is C22H20FN7O. The number of nitrogens with zero attached hydrogens (tertiary/aromatic N) is 4. The number of pyridine rings is 1. The van der Waals surface area contributed by atoms with Gasteiger partial charge in [0.15, 0.2) is 11.5 Å². The summed E-state index contributed by atoms with van der Waals surface area (Å²) < 4.78 is 13.5. The Morgan fingerprint density at radius 2 is 2.00 bits per heavy atom. The van der Waals surface area contributed by atoms with Crippen LogP contribution >= 0.6 is 0 Å². The number of rotatable bonds is 6. The number of hydrogen-bond acceptors (Lipinski definition) is 6. The fourth-order valence-corrected chi connectivity index (χ4v) is 3.38. The van der Waals surface area contributed by atoms with Crippen molar-refractivity contribution in [3.8, 4) is 22.5 Å². The van der Waals surface area contributed by atoms with Gasteiger partial charge >= 0.3 is 0 Å². The maximum absolute atomic E-state index is 13.5. The first kappa shape index (κ1) is 19.1. The molecule has 8 nitrogen and oxygen atoms in total. The monoisotopic (exact) mass is 417 g/mol. The van der Waals surface area contributed by atoms with E-state index in [1.165, 1.54) is 31.9 Å². The molecule has 0 radical (unpaired) electrons. The number of benzene rings is 1. The van der Waals surface area contributed by atoms with Crippen LogP contribution < -0.4 is 10.6 Å². The number of aromatic amines is 1. The fourth-order valence-electron chi connectivity index (χ4n) is 3.38. The van der Waals surface area contributed by atoms with E-state index >= 15 is 0 Å². The Kier molecular flexibility index (Phi) is 4.78. The minimum absolute atomic E-state index is 0.230. The molecule has 0 unspecified atom stereocenters. The number of H-pyrrole nitrogens is 1. The molecular weight excluding hydrogens is 397 g/mol. The predicted molar refractivity (Wildman–Crippen MR) is 116 cm³/mol. The summed E-state index contributed by atoms with van der Waals surface area (Å²) in [5.74, 6) is 1.07. The molecule has 3 aromatic heterocycles. The number of carbonyl (C=O) groups excluding carboxylic acids is 1. The van der Waals surface area contributed by atoms with Crippen LogP contribution in [0.1, 0.15) is 19.8 Å². The summed E-state index contributed by atoms with van der Waals surface area (Å²) in [4.78, 5) is 25.3. The Morgan fingerprint density at radius 3 is 2.74 bits per heavy atom. The van der Waals surface area contributed by atoms with E-state index in [2.05, 4.69) is 30.8 Å². The van der Waals surface area contributed by atoms with Gasteiger partial charge in [0.05, 0.1) is 16.8 Å². The van der Waals surface area contributed by atoms with Gasteiger partial charge in [-0.15, -0.1) is 0 Å². The van der Waals surface area contributed by atoms with Crippen LogP contribution in [0.2, 0.25) is 0 Å². The first-order valence-corrected chi connectivity index (χ1v) is 10.1. The summed E-state index contributed by atoms with van der Waals surface area (Å²) in [5, 5.41) is 13.7. The Bertz CT molecular complexity index is 1260. The third-order valence-electron chi connectivity index (χ3n) is 5.14. The molecule has 0 saturated heterocycles. The van der Waals surface area contributed by atoms with E-state index in [1.807, 2.05) is 6.07 Å². The lowest BCUT2D eigenvalue weighted by Crippen LogP contribution is -2.07. The third kappa shape index (κ3) is 4.07. The highest BCUT2D eigenvalue weighted by molar-refractivity contribution is 6.00. The zero-order valence-electron chi connectivity index (χ0n) is 16.8. The SMILES string of the molecule is CC(=O)Nc1n[nH]c2nc(-c3ccc(F)cc3)c(-c3ccnc(NCC4CC4)n3)cc12. The minimum atomic E-state index is -0.325. The standard InChI is InChI=1S/C22H20FN7O/c1-12(31)26-20-17-10-16(18-8-9-24-22(27-18)25-11-13-2-3-13)19(28-21(17)30-29-20)14-4-6-15(23)7-5-14/h4-10,13H,2-3,11H2,1H3,(H,24,25,27)(H2,26,28,29,30,31). The molecule has 0 bridgehead atoms. The second-order valence-electron chi connectivity index (χ2n) is 7.63. The van der Waals surface area contributed by atoms with E-state index < -0.39 is 0 Å². The van der Waals surface area contributed by atoms with Crippen molar-refractivity contribution in [2.45, 2.75) is 19.8 Å². The molecule has 1 aliphatic carbocycles. The van der Waals surface area contributed by atoms with Gasteiger partial charge in [-0.1, -0.05) is 0 Å². The van der Waals surface area contributed by atoms with E-state index in [1.54, 1.807) is 24.4 Å². The Morgan fingerprint density at radius 1 is 1.19 bits per heavy atom. The number of aromatic nitrogens is 5. The molecule has 4 aromatic rings. The van der Waals surface area contributed by atoms with Crippen LogP contribution in [0.15, 0.2) is 42.6 Å². The molecule has 1 aliphatic rings. The second kappa shape index (κ2) is 7.75. The van der Waals surface area contributed by atoms with Crippen LogP contribution in [-0.2, 0) is 4.79 Å². The van der Waals surface area contributed by atoms with Gasteiger partial charge in [0.2, 0.25) is 11.9 Å². The maximum Gasteiger partial charge on any atom is 0.223 e. The molecule has 1 saturated carbocycles. The Labute approximate surface area is 177 Å². The van der Waals surface area contributed by atoms with E-state index in [4.69, 9.17) is 4.98 Å². The summed E-state index contributed by atoms with van der Waals surface area (Å²) in [7, 11) is 0. The zero-order chi connectivity index (χ0) is 21.4. The highest BCUT2D eigenvalue weighted by Gasteiger charge is 2.21. The molecule has 9 heteroatoms. The molecule has 3 N–H and O–H groups in total. The Balaban J connectivity index is 1.64. The van der Waals surface area contributed by atoms with Crippen LogP contribution in [0.3, 0.4) is 0 Å². The number of nitrogens with one attached hydrogen (secondary N) is 3. The van der Waals surface area contributed by atoms with Crippen LogP contribution in [0.25, 0.3) is 33.5 Å². The molecule has 1 aromatic carbocycles. The van der Waals surface area contributed by atoms with Crippen molar-refractivity contribution < 1.29 is 9.18 Å². The number of anilines is 2. The summed E-state index contributed by atoms with van der Waals surface area (Å²) >= 11 is 0. The van der Waals surface area contributed by atoms with Gasteiger partial charge in [-0.05, 0) is 55.2 Å². The fraction of sp³-hybridized carbons (Fsp3) is 0.227. The first-order chi connectivity index (χ1) is 15.1. The molecule has 0 spiro atoms. The van der Waals surface area contributed by atoms with Gasteiger partial charge < -0.3 is 10.6 Å². The summed E-state index contributed by atoms with van der Waals surface area (Å²) in [6.45, 7) is 2.27. The highest BCUT2D eigenvalue weighted by atomic mass is 19.1. The van der Waals surface area contributed by atoms with Crippen LogP contribution in [-0.4, -0.2) is 37.6 Å². The van der Waals surface area contributed by atoms with E-state index in [9.17, 15) is 9.18 Å². The van der Waals surface area contributed by atoms with Crippen molar-refractivity contribution in [3.05, 3.63) is 48.4 Å². The van der Waals surface area contributed by atoms with Crippen molar-refractivity contribution in [2.24, 2.45) is 5.92 Å². The van der Waals surface area contributed by atoms with Gasteiger partial charge in [-0.25, -0.2) is 19.3 Å². The van der Waals surface area contributed by atoms with Crippen molar-refractivity contribution in [2.75, 3.05) is 17.2 Å². The summed E-state index contributed by atoms with van der Waals surface area (Å²) in [6, 6.07) is 9.81. The second-order valence-corrected chi connectivity index (χ2v) is 7.63. The summed E-state index contributed by atoms with van der Waals surface area (Å²) in [5.41, 5.74) is 3.26. The molecule has 5 rings (SSSR count). The van der Waals surface area contributed by atoms with Crippen molar-refractivity contribution in [3.63, 3.8) is 0 Å². The van der Waals surface area contributed by atoms with Gasteiger partial charge in [-0.2, -0.15) is 5.10 Å². The van der Waals surface area contributed by atoms with Gasteiger partial charge in [0, 0.05) is 30.8 Å². The molecule has 1 fully saturated rings.